The Kier molecular flexibility index (Phi) is 7.80. The van der Waals surface area contributed by atoms with Crippen LogP contribution in [0.25, 0.3) is 0 Å². The Labute approximate surface area is 189 Å². The van der Waals surface area contributed by atoms with E-state index in [0.717, 1.165) is 12.1 Å². The zero-order valence-electron chi connectivity index (χ0n) is 19.5. The Balaban J connectivity index is 1.67. The van der Waals surface area contributed by atoms with Crippen LogP contribution in [0.2, 0.25) is 0 Å². The van der Waals surface area contributed by atoms with Crippen molar-refractivity contribution in [1.82, 2.24) is 15.2 Å². The lowest BCUT2D eigenvalue weighted by molar-refractivity contribution is 0.0945. The molecule has 5 nitrogen and oxygen atoms in total. The van der Waals surface area contributed by atoms with Crippen molar-refractivity contribution in [1.29, 1.82) is 0 Å². The molecular formula is C26H32FN3O2. The molecule has 0 spiro atoms. The number of benzene rings is 2. The Bertz CT molecular complexity index is 1040. The van der Waals surface area contributed by atoms with Gasteiger partial charge in [-0.15, -0.1) is 0 Å². The highest BCUT2D eigenvalue weighted by Gasteiger charge is 2.21. The summed E-state index contributed by atoms with van der Waals surface area (Å²) in [5, 5.41) is 2.80. The molecule has 0 fully saturated rings. The van der Waals surface area contributed by atoms with Gasteiger partial charge in [0, 0.05) is 19.1 Å². The van der Waals surface area contributed by atoms with Crippen LogP contribution < -0.4 is 5.32 Å². The summed E-state index contributed by atoms with van der Waals surface area (Å²) in [5.41, 5.74) is 4.84. The third kappa shape index (κ3) is 6.26. The van der Waals surface area contributed by atoms with Gasteiger partial charge in [-0.3, -0.25) is 9.69 Å². The molecule has 1 amide bonds. The first-order chi connectivity index (χ1) is 15.2. The molecule has 1 heterocycles. The minimum absolute atomic E-state index is 0.241. The average Bonchev–Trinajstić information content (AvgIpc) is 3.22. The Hall–Kier alpha value is -2.99. The number of halogens is 1. The quantitative estimate of drug-likeness (QED) is 0.486. The predicted molar refractivity (Wildman–Crippen MR) is 124 cm³/mol. The summed E-state index contributed by atoms with van der Waals surface area (Å²) in [5.74, 6) is 0.341. The van der Waals surface area contributed by atoms with Gasteiger partial charge < -0.3 is 9.73 Å². The van der Waals surface area contributed by atoms with Crippen molar-refractivity contribution in [3.63, 3.8) is 0 Å². The normalized spacial score (nSPS) is 12.4. The van der Waals surface area contributed by atoms with E-state index >= 15 is 0 Å². The summed E-state index contributed by atoms with van der Waals surface area (Å²) in [6.07, 6.45) is 1.39. The second kappa shape index (κ2) is 10.6. The SMILES string of the molecule is Cc1ccc(CN(Cc2nc(C(=O)NCc3ccc(F)cc3)co2)[C@@H](C)C(C)C)c(C)c1. The van der Waals surface area contributed by atoms with Crippen LogP contribution in [-0.4, -0.2) is 21.8 Å². The van der Waals surface area contributed by atoms with Crippen molar-refractivity contribution in [2.75, 3.05) is 0 Å². The summed E-state index contributed by atoms with van der Waals surface area (Å²) in [4.78, 5) is 19.2. The molecular weight excluding hydrogens is 405 g/mol. The van der Waals surface area contributed by atoms with Crippen LogP contribution >= 0.6 is 0 Å². The molecule has 0 aliphatic heterocycles. The van der Waals surface area contributed by atoms with Crippen LogP contribution in [0.3, 0.4) is 0 Å². The standard InChI is InChI=1S/C26H32FN3O2/c1-17(2)20(5)30(14-22-9-6-18(3)12-19(22)4)15-25-29-24(16-32-25)26(31)28-13-21-7-10-23(27)11-8-21/h6-12,16-17,20H,13-15H2,1-5H3,(H,28,31)/t20-/m0/s1. The Morgan fingerprint density at radius 2 is 1.81 bits per heavy atom. The highest BCUT2D eigenvalue weighted by atomic mass is 19.1. The lowest BCUT2D eigenvalue weighted by atomic mass is 10.0. The molecule has 0 saturated carbocycles. The van der Waals surface area contributed by atoms with Crippen molar-refractivity contribution in [3.8, 4) is 0 Å². The van der Waals surface area contributed by atoms with Gasteiger partial charge in [0.25, 0.3) is 5.91 Å². The van der Waals surface area contributed by atoms with Gasteiger partial charge in [0.15, 0.2) is 5.69 Å². The first kappa shape index (κ1) is 23.7. The molecule has 3 aromatic rings. The number of hydrogen-bond acceptors (Lipinski definition) is 4. The van der Waals surface area contributed by atoms with Crippen LogP contribution in [0, 0.1) is 25.6 Å². The second-order valence-electron chi connectivity index (χ2n) is 8.76. The largest absolute Gasteiger partial charge is 0.447 e. The van der Waals surface area contributed by atoms with E-state index in [9.17, 15) is 9.18 Å². The van der Waals surface area contributed by atoms with Crippen molar-refractivity contribution in [2.45, 2.75) is 60.3 Å². The molecule has 1 atom stereocenters. The van der Waals surface area contributed by atoms with Gasteiger partial charge in [-0.2, -0.15) is 0 Å². The fourth-order valence-corrected chi connectivity index (χ4v) is 3.54. The Morgan fingerprint density at radius 3 is 2.47 bits per heavy atom. The first-order valence-electron chi connectivity index (χ1n) is 11.0. The molecule has 2 aromatic carbocycles. The van der Waals surface area contributed by atoms with Crippen LogP contribution in [0.1, 0.15) is 59.4 Å². The van der Waals surface area contributed by atoms with E-state index in [0.29, 0.717) is 30.9 Å². The summed E-state index contributed by atoms with van der Waals surface area (Å²) in [7, 11) is 0. The van der Waals surface area contributed by atoms with Crippen molar-refractivity contribution in [2.24, 2.45) is 5.92 Å². The van der Waals surface area contributed by atoms with Gasteiger partial charge in [0.05, 0.1) is 6.54 Å². The molecule has 0 bridgehead atoms. The fraction of sp³-hybridized carbons (Fsp3) is 0.385. The van der Waals surface area contributed by atoms with Gasteiger partial charge in [0.2, 0.25) is 5.89 Å². The number of nitrogens with zero attached hydrogens (tertiary/aromatic N) is 2. The maximum absolute atomic E-state index is 13.0. The third-order valence-corrected chi connectivity index (χ3v) is 5.90. The van der Waals surface area contributed by atoms with E-state index in [1.165, 1.54) is 35.1 Å². The highest BCUT2D eigenvalue weighted by Crippen LogP contribution is 2.20. The molecule has 1 N–H and O–H groups in total. The van der Waals surface area contributed by atoms with E-state index in [-0.39, 0.29) is 17.4 Å². The summed E-state index contributed by atoms with van der Waals surface area (Å²) in [6.45, 7) is 12.4. The fourth-order valence-electron chi connectivity index (χ4n) is 3.54. The average molecular weight is 438 g/mol. The van der Waals surface area contributed by atoms with Gasteiger partial charge in [-0.1, -0.05) is 49.7 Å². The third-order valence-electron chi connectivity index (χ3n) is 5.90. The lowest BCUT2D eigenvalue weighted by Crippen LogP contribution is -2.36. The second-order valence-corrected chi connectivity index (χ2v) is 8.76. The number of carbonyl (C=O) groups excluding carboxylic acids is 1. The molecule has 1 aromatic heterocycles. The Morgan fingerprint density at radius 1 is 1.09 bits per heavy atom. The number of nitrogens with one attached hydrogen (secondary N) is 1. The minimum Gasteiger partial charge on any atom is -0.447 e. The summed E-state index contributed by atoms with van der Waals surface area (Å²) in [6, 6.07) is 12.8. The first-order valence-corrected chi connectivity index (χ1v) is 11.0. The van der Waals surface area contributed by atoms with Crippen molar-refractivity contribution in [3.05, 3.63) is 88.4 Å². The van der Waals surface area contributed by atoms with Crippen molar-refractivity contribution < 1.29 is 13.6 Å². The number of rotatable bonds is 9. The highest BCUT2D eigenvalue weighted by molar-refractivity contribution is 5.91. The van der Waals surface area contributed by atoms with E-state index in [2.05, 4.69) is 68.0 Å². The molecule has 0 aliphatic rings. The van der Waals surface area contributed by atoms with Crippen LogP contribution in [0.4, 0.5) is 4.39 Å². The smallest absolute Gasteiger partial charge is 0.273 e. The van der Waals surface area contributed by atoms with Crippen LogP contribution in [0.15, 0.2) is 53.1 Å². The molecule has 170 valence electrons. The molecule has 0 aliphatic carbocycles. The van der Waals surface area contributed by atoms with Crippen LogP contribution in [0.5, 0.6) is 0 Å². The summed E-state index contributed by atoms with van der Waals surface area (Å²) >= 11 is 0. The maximum Gasteiger partial charge on any atom is 0.273 e. The number of aromatic nitrogens is 1. The van der Waals surface area contributed by atoms with Crippen molar-refractivity contribution >= 4 is 5.91 Å². The van der Waals surface area contributed by atoms with E-state index in [4.69, 9.17) is 4.42 Å². The van der Waals surface area contributed by atoms with Gasteiger partial charge in [-0.25, -0.2) is 9.37 Å². The molecule has 0 saturated heterocycles. The molecule has 3 rings (SSSR count). The van der Waals surface area contributed by atoms with E-state index in [1.54, 1.807) is 12.1 Å². The van der Waals surface area contributed by atoms with Gasteiger partial charge in [0.1, 0.15) is 12.1 Å². The number of carbonyl (C=O) groups is 1. The number of amides is 1. The van der Waals surface area contributed by atoms with E-state index in [1.807, 2.05) is 0 Å². The molecule has 32 heavy (non-hydrogen) atoms. The lowest BCUT2D eigenvalue weighted by Gasteiger charge is -2.31. The summed E-state index contributed by atoms with van der Waals surface area (Å²) < 4.78 is 18.7. The number of aryl methyl sites for hydroxylation is 2. The molecule has 0 unspecified atom stereocenters. The van der Waals surface area contributed by atoms with Gasteiger partial charge >= 0.3 is 0 Å². The monoisotopic (exact) mass is 437 g/mol. The topological polar surface area (TPSA) is 58.4 Å². The van der Waals surface area contributed by atoms with Gasteiger partial charge in [-0.05, 0) is 55.5 Å². The minimum atomic E-state index is -0.317. The molecule has 0 radical (unpaired) electrons. The zero-order valence-corrected chi connectivity index (χ0v) is 19.5. The van der Waals surface area contributed by atoms with E-state index < -0.39 is 0 Å². The zero-order chi connectivity index (χ0) is 23.3. The maximum atomic E-state index is 13.0. The predicted octanol–water partition coefficient (Wildman–Crippen LogP) is 5.41. The number of hydrogen-bond donors (Lipinski definition) is 1. The number of oxazole rings is 1. The van der Waals surface area contributed by atoms with Crippen LogP contribution in [-0.2, 0) is 19.6 Å². The molecule has 6 heteroatoms.